The number of rotatable bonds is 8. The predicted molar refractivity (Wildman–Crippen MR) is 88.8 cm³/mol. The van der Waals surface area contributed by atoms with E-state index in [4.69, 9.17) is 0 Å². The second kappa shape index (κ2) is 8.41. The van der Waals surface area contributed by atoms with Crippen LogP contribution in [0.1, 0.15) is 54.1 Å². The van der Waals surface area contributed by atoms with Gasteiger partial charge in [0, 0.05) is 5.56 Å². The summed E-state index contributed by atoms with van der Waals surface area (Å²) in [6, 6.07) is 18.7. The van der Waals surface area contributed by atoms with Crippen molar-refractivity contribution in [3.05, 3.63) is 71.3 Å². The molecule has 0 heterocycles. The van der Waals surface area contributed by atoms with Gasteiger partial charge in [-0.1, -0.05) is 67.4 Å². The van der Waals surface area contributed by atoms with Crippen molar-refractivity contribution in [1.82, 2.24) is 0 Å². The molecule has 2 rings (SSSR count). The maximum Gasteiger partial charge on any atom is 0.159 e. The molecule has 2 aromatic carbocycles. The highest BCUT2D eigenvalue weighted by molar-refractivity contribution is 5.93. The van der Waals surface area contributed by atoms with Gasteiger partial charge in [0.05, 0.1) is 0 Å². The van der Waals surface area contributed by atoms with E-state index in [0.29, 0.717) is 0 Å². The van der Waals surface area contributed by atoms with Crippen molar-refractivity contribution < 1.29 is 4.79 Å². The van der Waals surface area contributed by atoms with E-state index in [0.717, 1.165) is 12.0 Å². The van der Waals surface area contributed by atoms with Gasteiger partial charge < -0.3 is 0 Å². The number of hydrogen-bond acceptors (Lipinski definition) is 1. The summed E-state index contributed by atoms with van der Waals surface area (Å²) in [5.74, 6) is 0.141. The fraction of sp³-hybridized carbons (Fsp3) is 0.350. The number of carbonyl (C=O) groups excluding carboxylic acids is 1. The predicted octanol–water partition coefficient (Wildman–Crippen LogP) is 5.23. The van der Waals surface area contributed by atoms with Crippen LogP contribution < -0.4 is 0 Å². The molecular formula is C20H24O. The Morgan fingerprint density at radius 1 is 0.714 bits per heavy atom. The molecule has 0 aromatic heterocycles. The molecule has 2 aromatic rings. The molecular weight excluding hydrogens is 256 g/mol. The Labute approximate surface area is 128 Å². The lowest BCUT2D eigenvalue weighted by molar-refractivity contribution is 0.101. The third-order valence-electron chi connectivity index (χ3n) is 3.88. The van der Waals surface area contributed by atoms with E-state index < -0.39 is 0 Å². The normalized spacial score (nSPS) is 10.5. The summed E-state index contributed by atoms with van der Waals surface area (Å²) in [6.45, 7) is 1.61. The largest absolute Gasteiger partial charge is 0.295 e. The van der Waals surface area contributed by atoms with Gasteiger partial charge in [0.25, 0.3) is 0 Å². The SMILES string of the molecule is CC(=O)c1ccc(CCCCCCc2ccccc2)cc1. The smallest absolute Gasteiger partial charge is 0.159 e. The van der Waals surface area contributed by atoms with Crippen LogP contribution in [0.4, 0.5) is 0 Å². The maximum atomic E-state index is 11.2. The molecule has 1 heteroatoms. The number of ketones is 1. The molecule has 0 aliphatic rings. The first-order valence-corrected chi connectivity index (χ1v) is 7.89. The summed E-state index contributed by atoms with van der Waals surface area (Å²) in [7, 11) is 0. The number of Topliss-reactive ketones (excluding diaryl/α,β-unsaturated/α-hetero) is 1. The lowest BCUT2D eigenvalue weighted by Gasteiger charge is -2.04. The standard InChI is InChI=1S/C20H24O/c1-17(21)20-15-13-19(14-16-20)12-6-3-2-5-9-18-10-7-4-8-11-18/h4,7-8,10-11,13-16H,2-3,5-6,9,12H2,1H3. The summed E-state index contributed by atoms with van der Waals surface area (Å²) in [6.07, 6.45) is 7.38. The van der Waals surface area contributed by atoms with Crippen LogP contribution in [0.25, 0.3) is 0 Å². The maximum absolute atomic E-state index is 11.2. The highest BCUT2D eigenvalue weighted by Gasteiger charge is 1.99. The van der Waals surface area contributed by atoms with E-state index in [-0.39, 0.29) is 5.78 Å². The van der Waals surface area contributed by atoms with Crippen LogP contribution in [-0.2, 0) is 12.8 Å². The van der Waals surface area contributed by atoms with Crippen LogP contribution in [0.3, 0.4) is 0 Å². The minimum Gasteiger partial charge on any atom is -0.295 e. The summed E-state index contributed by atoms with van der Waals surface area (Å²) in [4.78, 5) is 11.2. The van der Waals surface area contributed by atoms with Crippen LogP contribution in [0, 0.1) is 0 Å². The highest BCUT2D eigenvalue weighted by atomic mass is 16.1. The zero-order valence-corrected chi connectivity index (χ0v) is 12.8. The van der Waals surface area contributed by atoms with Gasteiger partial charge in [0.2, 0.25) is 0 Å². The molecule has 0 aliphatic heterocycles. The minimum absolute atomic E-state index is 0.141. The fourth-order valence-electron chi connectivity index (χ4n) is 2.56. The fourth-order valence-corrected chi connectivity index (χ4v) is 2.56. The average molecular weight is 280 g/mol. The van der Waals surface area contributed by atoms with Crippen molar-refractivity contribution in [3.8, 4) is 0 Å². The topological polar surface area (TPSA) is 17.1 Å². The Bertz CT molecular complexity index is 540. The van der Waals surface area contributed by atoms with Gasteiger partial charge in [-0.25, -0.2) is 0 Å². The monoisotopic (exact) mass is 280 g/mol. The zero-order valence-electron chi connectivity index (χ0n) is 12.8. The number of benzene rings is 2. The molecule has 0 fully saturated rings. The molecule has 21 heavy (non-hydrogen) atoms. The van der Waals surface area contributed by atoms with Gasteiger partial charge in [0.1, 0.15) is 0 Å². The molecule has 0 radical (unpaired) electrons. The lowest BCUT2D eigenvalue weighted by atomic mass is 10.0. The molecule has 0 bridgehead atoms. The Balaban J connectivity index is 1.60. The van der Waals surface area contributed by atoms with Gasteiger partial charge in [-0.3, -0.25) is 4.79 Å². The van der Waals surface area contributed by atoms with E-state index in [1.807, 2.05) is 12.1 Å². The third-order valence-corrected chi connectivity index (χ3v) is 3.88. The Kier molecular flexibility index (Phi) is 6.21. The van der Waals surface area contributed by atoms with Crippen LogP contribution in [0.5, 0.6) is 0 Å². The van der Waals surface area contributed by atoms with Crippen molar-refractivity contribution in [2.45, 2.75) is 45.4 Å². The average Bonchev–Trinajstić information content (AvgIpc) is 2.52. The van der Waals surface area contributed by atoms with Gasteiger partial charge >= 0.3 is 0 Å². The van der Waals surface area contributed by atoms with Gasteiger partial charge in [-0.2, -0.15) is 0 Å². The minimum atomic E-state index is 0.141. The summed E-state index contributed by atoms with van der Waals surface area (Å²) in [5, 5.41) is 0. The zero-order chi connectivity index (χ0) is 14.9. The summed E-state index contributed by atoms with van der Waals surface area (Å²) in [5.41, 5.74) is 3.59. The molecule has 0 aliphatic carbocycles. The van der Waals surface area contributed by atoms with Crippen LogP contribution in [0.15, 0.2) is 54.6 Å². The number of carbonyl (C=O) groups is 1. The summed E-state index contributed by atoms with van der Waals surface area (Å²) >= 11 is 0. The molecule has 0 amide bonds. The van der Waals surface area contributed by atoms with Gasteiger partial charge in [-0.15, -0.1) is 0 Å². The molecule has 0 N–H and O–H groups in total. The number of hydrogen-bond donors (Lipinski definition) is 0. The van der Waals surface area contributed by atoms with E-state index >= 15 is 0 Å². The van der Waals surface area contributed by atoms with Crippen molar-refractivity contribution in [3.63, 3.8) is 0 Å². The molecule has 0 atom stereocenters. The quantitative estimate of drug-likeness (QED) is 0.477. The Hall–Kier alpha value is -1.89. The first kappa shape index (κ1) is 15.5. The molecule has 0 saturated heterocycles. The van der Waals surface area contributed by atoms with Gasteiger partial charge in [-0.05, 0) is 43.7 Å². The Morgan fingerprint density at radius 3 is 1.76 bits per heavy atom. The van der Waals surface area contributed by atoms with Crippen LogP contribution in [-0.4, -0.2) is 5.78 Å². The lowest BCUT2D eigenvalue weighted by Crippen LogP contribution is -1.93. The van der Waals surface area contributed by atoms with Crippen molar-refractivity contribution >= 4 is 5.78 Å². The van der Waals surface area contributed by atoms with Gasteiger partial charge in [0.15, 0.2) is 5.78 Å². The molecule has 1 nitrogen and oxygen atoms in total. The summed E-state index contributed by atoms with van der Waals surface area (Å²) < 4.78 is 0. The molecule has 0 saturated carbocycles. The second-order valence-corrected chi connectivity index (χ2v) is 5.65. The van der Waals surface area contributed by atoms with Crippen molar-refractivity contribution in [2.75, 3.05) is 0 Å². The first-order valence-electron chi connectivity index (χ1n) is 7.89. The molecule has 0 unspecified atom stereocenters. The van der Waals surface area contributed by atoms with E-state index in [1.165, 1.54) is 43.2 Å². The highest BCUT2D eigenvalue weighted by Crippen LogP contribution is 2.12. The van der Waals surface area contributed by atoms with E-state index in [1.54, 1.807) is 6.92 Å². The number of aryl methyl sites for hydroxylation is 2. The van der Waals surface area contributed by atoms with Crippen molar-refractivity contribution in [2.24, 2.45) is 0 Å². The Morgan fingerprint density at radius 2 is 1.24 bits per heavy atom. The van der Waals surface area contributed by atoms with E-state index in [9.17, 15) is 4.79 Å². The number of unbranched alkanes of at least 4 members (excludes halogenated alkanes) is 3. The van der Waals surface area contributed by atoms with E-state index in [2.05, 4.69) is 42.5 Å². The molecule has 0 spiro atoms. The van der Waals surface area contributed by atoms with Crippen LogP contribution >= 0.6 is 0 Å². The second-order valence-electron chi connectivity index (χ2n) is 5.65. The molecule has 110 valence electrons. The first-order chi connectivity index (χ1) is 10.3. The van der Waals surface area contributed by atoms with Crippen molar-refractivity contribution in [1.29, 1.82) is 0 Å². The third kappa shape index (κ3) is 5.55. The van der Waals surface area contributed by atoms with Crippen LogP contribution in [0.2, 0.25) is 0 Å².